The Kier molecular flexibility index (Phi) is 10.6. The molecule has 102 valence electrons. The minimum absolute atomic E-state index is 0.00841. The van der Waals surface area contributed by atoms with Crippen molar-refractivity contribution in [2.45, 2.75) is 71.0 Å². The highest BCUT2D eigenvalue weighted by Gasteiger charge is 2.19. The van der Waals surface area contributed by atoms with Gasteiger partial charge < -0.3 is 4.43 Å². The molecule has 0 saturated heterocycles. The van der Waals surface area contributed by atoms with Crippen molar-refractivity contribution in [1.29, 1.82) is 0 Å². The van der Waals surface area contributed by atoms with Crippen molar-refractivity contribution < 1.29 is 9.22 Å². The zero-order valence-corrected chi connectivity index (χ0v) is 14.7. The Hall–Kier alpha value is 0.417. The number of alkyl halides is 1. The summed E-state index contributed by atoms with van der Waals surface area (Å²) >= 11 is 2.43. The first-order valence-corrected chi connectivity index (χ1v) is 11.7. The van der Waals surface area contributed by atoms with Crippen LogP contribution in [0.15, 0.2) is 0 Å². The Morgan fingerprint density at radius 2 is 1.41 bits per heavy atom. The molecule has 2 nitrogen and oxygen atoms in total. The Bertz CT molecular complexity index is 202. The van der Waals surface area contributed by atoms with Gasteiger partial charge in [0.15, 0.2) is 0 Å². The van der Waals surface area contributed by atoms with Crippen LogP contribution in [0, 0.1) is 0 Å². The van der Waals surface area contributed by atoms with Gasteiger partial charge in [0, 0.05) is 6.42 Å². The Morgan fingerprint density at radius 3 is 1.88 bits per heavy atom. The van der Waals surface area contributed by atoms with Crippen LogP contribution in [0.3, 0.4) is 0 Å². The van der Waals surface area contributed by atoms with Crippen LogP contribution in [0.1, 0.15) is 51.4 Å². The second kappa shape index (κ2) is 10.3. The highest BCUT2D eigenvalue weighted by atomic mass is 127. The molecule has 0 radical (unpaired) electrons. The maximum atomic E-state index is 11.4. The van der Waals surface area contributed by atoms with Gasteiger partial charge in [-0.3, -0.25) is 4.79 Å². The van der Waals surface area contributed by atoms with E-state index in [-0.39, 0.29) is 5.97 Å². The minimum Gasteiger partial charge on any atom is -0.520 e. The van der Waals surface area contributed by atoms with Crippen LogP contribution in [0.5, 0.6) is 0 Å². The van der Waals surface area contributed by atoms with Gasteiger partial charge in [0.25, 0.3) is 5.97 Å². The topological polar surface area (TPSA) is 26.3 Å². The van der Waals surface area contributed by atoms with Gasteiger partial charge in [0.05, 0.1) is 0 Å². The van der Waals surface area contributed by atoms with Gasteiger partial charge >= 0.3 is 0 Å². The molecule has 0 fully saturated rings. The average Bonchev–Trinajstić information content (AvgIpc) is 2.19. The predicted molar refractivity (Wildman–Crippen MR) is 85.3 cm³/mol. The molecule has 4 heteroatoms. The molecule has 0 aromatic carbocycles. The molecule has 0 bridgehead atoms. The molecular weight excluding hydrogens is 343 g/mol. The zero-order valence-electron chi connectivity index (χ0n) is 11.6. The first kappa shape index (κ1) is 17.4. The molecule has 0 rings (SSSR count). The van der Waals surface area contributed by atoms with Crippen LogP contribution in [0.25, 0.3) is 0 Å². The van der Waals surface area contributed by atoms with Crippen LogP contribution in [0.4, 0.5) is 0 Å². The largest absolute Gasteiger partial charge is 0.520 e. The van der Waals surface area contributed by atoms with Crippen molar-refractivity contribution >= 4 is 36.9 Å². The number of hydrogen-bond acceptors (Lipinski definition) is 2. The van der Waals surface area contributed by atoms with Crippen molar-refractivity contribution in [2.24, 2.45) is 0 Å². The lowest BCUT2D eigenvalue weighted by atomic mass is 10.1. The fourth-order valence-electron chi connectivity index (χ4n) is 1.64. The minimum atomic E-state index is -1.66. The molecule has 17 heavy (non-hydrogen) atoms. The standard InChI is InChI=1S/C13H27IO2Si/c1-17(2,3)16-13(15)11-9-7-5-4-6-8-10-12-14/h4-12H2,1-3H3. The maximum Gasteiger partial charge on any atom is 0.292 e. The van der Waals surface area contributed by atoms with Gasteiger partial charge in [-0.05, 0) is 36.9 Å². The van der Waals surface area contributed by atoms with Gasteiger partial charge in [-0.1, -0.05) is 54.7 Å². The molecule has 0 aliphatic carbocycles. The Labute approximate surface area is 121 Å². The van der Waals surface area contributed by atoms with Crippen molar-refractivity contribution in [3.05, 3.63) is 0 Å². The quantitative estimate of drug-likeness (QED) is 0.236. The normalized spacial score (nSPS) is 11.5. The second-order valence-corrected chi connectivity index (χ2v) is 11.0. The number of unbranched alkanes of at least 4 members (excludes halogenated alkanes) is 6. The summed E-state index contributed by atoms with van der Waals surface area (Å²) in [5.41, 5.74) is 0. The van der Waals surface area contributed by atoms with Crippen LogP contribution in [-0.2, 0) is 9.22 Å². The number of carbonyl (C=O) groups excluding carboxylic acids is 1. The third kappa shape index (κ3) is 14.4. The van der Waals surface area contributed by atoms with E-state index in [1.807, 2.05) is 0 Å². The van der Waals surface area contributed by atoms with E-state index in [4.69, 9.17) is 4.43 Å². The number of rotatable bonds is 10. The molecule has 0 unspecified atom stereocenters. The van der Waals surface area contributed by atoms with E-state index in [0.29, 0.717) is 6.42 Å². The van der Waals surface area contributed by atoms with E-state index < -0.39 is 8.32 Å². The maximum absolute atomic E-state index is 11.4. The molecule has 0 aliphatic rings. The van der Waals surface area contributed by atoms with E-state index in [1.165, 1.54) is 43.0 Å². The molecule has 0 spiro atoms. The van der Waals surface area contributed by atoms with E-state index >= 15 is 0 Å². The lowest BCUT2D eigenvalue weighted by Gasteiger charge is -2.17. The van der Waals surface area contributed by atoms with Crippen LogP contribution in [-0.4, -0.2) is 18.7 Å². The van der Waals surface area contributed by atoms with E-state index in [1.54, 1.807) is 0 Å². The van der Waals surface area contributed by atoms with E-state index in [0.717, 1.165) is 6.42 Å². The molecular formula is C13H27IO2Si. The first-order valence-electron chi connectivity index (χ1n) is 6.73. The summed E-state index contributed by atoms with van der Waals surface area (Å²) in [6, 6.07) is 0. The highest BCUT2D eigenvalue weighted by molar-refractivity contribution is 14.1. The molecule has 0 heterocycles. The third-order valence-electron chi connectivity index (χ3n) is 2.43. The zero-order chi connectivity index (χ0) is 13.1. The summed E-state index contributed by atoms with van der Waals surface area (Å²) in [5, 5.41) is 0. The molecule has 0 amide bonds. The van der Waals surface area contributed by atoms with Crippen LogP contribution >= 0.6 is 22.6 Å². The van der Waals surface area contributed by atoms with Crippen molar-refractivity contribution in [3.8, 4) is 0 Å². The fraction of sp³-hybridized carbons (Fsp3) is 0.923. The lowest BCUT2D eigenvalue weighted by Crippen LogP contribution is -2.28. The Balaban J connectivity index is 3.25. The lowest BCUT2D eigenvalue weighted by molar-refractivity contribution is -0.135. The highest BCUT2D eigenvalue weighted by Crippen LogP contribution is 2.11. The molecule has 0 N–H and O–H groups in total. The smallest absolute Gasteiger partial charge is 0.292 e. The summed E-state index contributed by atoms with van der Waals surface area (Å²) in [6.45, 7) is 6.16. The van der Waals surface area contributed by atoms with E-state index in [9.17, 15) is 4.79 Å². The van der Waals surface area contributed by atoms with Crippen molar-refractivity contribution in [3.63, 3.8) is 0 Å². The summed E-state index contributed by atoms with van der Waals surface area (Å²) in [7, 11) is -1.66. The van der Waals surface area contributed by atoms with Crippen LogP contribution in [0.2, 0.25) is 19.6 Å². The summed E-state index contributed by atoms with van der Waals surface area (Å²) in [6.07, 6.45) is 9.42. The number of hydrogen-bond donors (Lipinski definition) is 0. The summed E-state index contributed by atoms with van der Waals surface area (Å²) < 4.78 is 6.67. The third-order valence-corrected chi connectivity index (χ3v) is 4.04. The molecule has 0 aromatic rings. The SMILES string of the molecule is C[Si](C)(C)OC(=O)CCCCCCCCCI. The summed E-state index contributed by atoms with van der Waals surface area (Å²) in [5.74, 6) is 0.00841. The van der Waals surface area contributed by atoms with Gasteiger partial charge in [-0.15, -0.1) is 0 Å². The summed E-state index contributed by atoms with van der Waals surface area (Å²) in [4.78, 5) is 11.4. The molecule has 0 aromatic heterocycles. The monoisotopic (exact) mass is 370 g/mol. The molecule has 0 atom stereocenters. The number of carbonyl (C=O) groups is 1. The van der Waals surface area contributed by atoms with Gasteiger partial charge in [0.1, 0.15) is 0 Å². The first-order chi connectivity index (χ1) is 7.95. The molecule has 0 aliphatic heterocycles. The van der Waals surface area contributed by atoms with Gasteiger partial charge in [0.2, 0.25) is 8.32 Å². The molecule has 0 saturated carbocycles. The van der Waals surface area contributed by atoms with Crippen LogP contribution < -0.4 is 0 Å². The average molecular weight is 370 g/mol. The second-order valence-electron chi connectivity index (χ2n) is 5.50. The number of halogens is 1. The Morgan fingerprint density at radius 1 is 0.941 bits per heavy atom. The van der Waals surface area contributed by atoms with E-state index in [2.05, 4.69) is 42.2 Å². The fourth-order valence-corrected chi connectivity index (χ4v) is 2.96. The van der Waals surface area contributed by atoms with Crippen molar-refractivity contribution in [1.82, 2.24) is 0 Å². The van der Waals surface area contributed by atoms with Crippen molar-refractivity contribution in [2.75, 3.05) is 4.43 Å². The van der Waals surface area contributed by atoms with Gasteiger partial charge in [-0.2, -0.15) is 0 Å². The van der Waals surface area contributed by atoms with Gasteiger partial charge in [-0.25, -0.2) is 0 Å². The predicted octanol–water partition coefficient (Wildman–Crippen LogP) is 4.92.